The Balaban J connectivity index is 3.63. The molecule has 24 heavy (non-hydrogen) atoms. The molecule has 0 aromatic heterocycles. The number of anilines is 1. The lowest BCUT2D eigenvalue weighted by atomic mass is 10.2. The average molecular weight is 350 g/mol. The molecule has 0 radical (unpaired) electrons. The minimum absolute atomic E-state index is 0.0376. The van der Waals surface area contributed by atoms with Crippen LogP contribution in [0.25, 0.3) is 0 Å². The van der Waals surface area contributed by atoms with Gasteiger partial charge in [-0.1, -0.05) is 6.92 Å². The van der Waals surface area contributed by atoms with E-state index in [1.807, 2.05) is 0 Å². The van der Waals surface area contributed by atoms with Gasteiger partial charge in [0, 0.05) is 6.07 Å². The van der Waals surface area contributed by atoms with E-state index in [0.29, 0.717) is 0 Å². The molecule has 1 rings (SSSR count). The molecular formula is C14H14N4O5S. The van der Waals surface area contributed by atoms with Crippen LogP contribution in [-0.4, -0.2) is 40.1 Å². The summed E-state index contributed by atoms with van der Waals surface area (Å²) in [6, 6.07) is 5.39. The number of benzene rings is 1. The van der Waals surface area contributed by atoms with Crippen LogP contribution < -0.4 is 10.2 Å². The van der Waals surface area contributed by atoms with E-state index in [4.69, 9.17) is 15.3 Å². The molecule has 0 heterocycles. The zero-order valence-electron chi connectivity index (χ0n) is 13.2. The maximum absolute atomic E-state index is 12.3. The number of ether oxygens (including phenoxy) is 2. The number of hydrazone groups is 1. The molecule has 0 saturated heterocycles. The van der Waals surface area contributed by atoms with Crippen LogP contribution in [-0.2, 0) is 14.6 Å². The molecular weight excluding hydrogens is 336 g/mol. The first-order valence-electron chi connectivity index (χ1n) is 6.51. The summed E-state index contributed by atoms with van der Waals surface area (Å²) in [7, 11) is -1.30. The number of methoxy groups -OCH3 is 2. The van der Waals surface area contributed by atoms with Crippen molar-refractivity contribution in [3.05, 3.63) is 17.7 Å². The Morgan fingerprint density at radius 2 is 1.92 bits per heavy atom. The molecule has 0 aliphatic rings. The van der Waals surface area contributed by atoms with Crippen LogP contribution in [0.2, 0.25) is 0 Å². The Morgan fingerprint density at radius 3 is 2.38 bits per heavy atom. The second-order valence-corrected chi connectivity index (χ2v) is 6.49. The lowest BCUT2D eigenvalue weighted by Gasteiger charge is -2.14. The molecule has 0 aliphatic heterocycles. The summed E-state index contributed by atoms with van der Waals surface area (Å²) >= 11 is 0. The van der Waals surface area contributed by atoms with Gasteiger partial charge in [-0.3, -0.25) is 5.43 Å². The predicted molar refractivity (Wildman–Crippen MR) is 84.3 cm³/mol. The Morgan fingerprint density at radius 1 is 1.29 bits per heavy atom. The van der Waals surface area contributed by atoms with E-state index < -0.39 is 21.5 Å². The van der Waals surface area contributed by atoms with Gasteiger partial charge in [0.25, 0.3) is 0 Å². The van der Waals surface area contributed by atoms with Gasteiger partial charge in [0.15, 0.2) is 9.84 Å². The van der Waals surface area contributed by atoms with E-state index >= 15 is 0 Å². The van der Waals surface area contributed by atoms with E-state index in [2.05, 4.69) is 15.3 Å². The summed E-state index contributed by atoms with van der Waals surface area (Å²) in [5.41, 5.74) is 1.73. The highest BCUT2D eigenvalue weighted by molar-refractivity contribution is 7.91. The third-order valence-corrected chi connectivity index (χ3v) is 4.69. The first kappa shape index (κ1) is 18.9. The lowest BCUT2D eigenvalue weighted by Crippen LogP contribution is -2.12. The number of carbonyl (C=O) groups excluding carboxylic acids is 1. The van der Waals surface area contributed by atoms with Gasteiger partial charge in [0.1, 0.15) is 23.5 Å². The molecule has 0 saturated carbocycles. The molecule has 0 fully saturated rings. The fourth-order valence-corrected chi connectivity index (χ4v) is 2.74. The molecule has 126 valence electrons. The van der Waals surface area contributed by atoms with Gasteiger partial charge in [-0.05, 0) is 6.07 Å². The van der Waals surface area contributed by atoms with Crippen LogP contribution in [0, 0.1) is 22.7 Å². The molecule has 0 amide bonds. The second kappa shape index (κ2) is 7.94. The summed E-state index contributed by atoms with van der Waals surface area (Å²) in [4.78, 5) is 11.6. The first-order valence-corrected chi connectivity index (χ1v) is 8.16. The summed E-state index contributed by atoms with van der Waals surface area (Å²) < 4.78 is 34.2. The number of hydrogen-bond donors (Lipinski definition) is 1. The predicted octanol–water partition coefficient (Wildman–Crippen LogP) is 1.09. The van der Waals surface area contributed by atoms with Gasteiger partial charge in [0.2, 0.25) is 5.71 Å². The highest BCUT2D eigenvalue weighted by Crippen LogP contribution is 2.31. The minimum Gasteiger partial charge on any atom is -0.496 e. The van der Waals surface area contributed by atoms with Crippen LogP contribution in [0.15, 0.2) is 22.1 Å². The lowest BCUT2D eigenvalue weighted by molar-refractivity contribution is 0.0597. The van der Waals surface area contributed by atoms with E-state index in [0.717, 1.165) is 13.2 Å². The minimum atomic E-state index is -3.74. The van der Waals surface area contributed by atoms with Gasteiger partial charge in [-0.25, -0.2) is 13.2 Å². The van der Waals surface area contributed by atoms with Gasteiger partial charge >= 0.3 is 5.97 Å². The van der Waals surface area contributed by atoms with Crippen LogP contribution in [0.1, 0.15) is 17.3 Å². The number of esters is 1. The van der Waals surface area contributed by atoms with E-state index in [1.165, 1.54) is 32.2 Å². The van der Waals surface area contributed by atoms with Crippen molar-refractivity contribution in [2.75, 3.05) is 25.4 Å². The van der Waals surface area contributed by atoms with Gasteiger partial charge in [-0.15, -0.1) is 0 Å². The number of nitrogens with zero attached hydrogens (tertiary/aromatic N) is 3. The van der Waals surface area contributed by atoms with Crippen molar-refractivity contribution >= 4 is 27.2 Å². The summed E-state index contributed by atoms with van der Waals surface area (Å²) in [6.45, 7) is 1.43. The number of nitrogens with one attached hydrogen (secondary N) is 1. The number of hydrogen-bond acceptors (Lipinski definition) is 9. The Hall–Kier alpha value is -3.11. The van der Waals surface area contributed by atoms with Gasteiger partial charge in [-0.2, -0.15) is 15.6 Å². The zero-order valence-corrected chi connectivity index (χ0v) is 14.0. The average Bonchev–Trinajstić information content (AvgIpc) is 2.61. The molecule has 10 heteroatoms. The highest BCUT2D eigenvalue weighted by atomic mass is 32.2. The fourth-order valence-electron chi connectivity index (χ4n) is 1.69. The summed E-state index contributed by atoms with van der Waals surface area (Å²) in [5, 5.41) is 20.9. The largest absolute Gasteiger partial charge is 0.496 e. The molecule has 1 aromatic rings. The van der Waals surface area contributed by atoms with E-state index in [1.54, 1.807) is 0 Å². The smallest absolute Gasteiger partial charge is 0.341 e. The van der Waals surface area contributed by atoms with E-state index in [-0.39, 0.29) is 27.6 Å². The Kier molecular flexibility index (Phi) is 6.27. The van der Waals surface area contributed by atoms with Crippen LogP contribution in [0.3, 0.4) is 0 Å². The van der Waals surface area contributed by atoms with Crippen LogP contribution in [0.4, 0.5) is 5.69 Å². The molecule has 0 aliphatic carbocycles. The standard InChI is InChI=1S/C14H14N4O5S/c1-4-24(20,21)13-5-10(14(19)23-3)12(22-2)6-11(13)18-17-9(7-15)8-16/h5-6,18H,4H2,1-3H3. The molecule has 1 N–H and O–H groups in total. The van der Waals surface area contributed by atoms with Crippen molar-refractivity contribution in [3.63, 3.8) is 0 Å². The summed E-state index contributed by atoms with van der Waals surface area (Å²) in [5.74, 6) is -0.962. The number of nitriles is 2. The van der Waals surface area contributed by atoms with Crippen molar-refractivity contribution in [2.45, 2.75) is 11.8 Å². The fraction of sp³-hybridized carbons (Fsp3) is 0.286. The first-order chi connectivity index (χ1) is 11.3. The third-order valence-electron chi connectivity index (χ3n) is 2.92. The maximum atomic E-state index is 12.3. The van der Waals surface area contributed by atoms with Crippen molar-refractivity contribution in [1.29, 1.82) is 10.5 Å². The van der Waals surface area contributed by atoms with Crippen molar-refractivity contribution in [2.24, 2.45) is 5.10 Å². The van der Waals surface area contributed by atoms with Crippen LogP contribution >= 0.6 is 0 Å². The second-order valence-electron chi connectivity index (χ2n) is 4.24. The molecule has 0 spiro atoms. The van der Waals surface area contributed by atoms with Gasteiger partial charge < -0.3 is 9.47 Å². The highest BCUT2D eigenvalue weighted by Gasteiger charge is 2.23. The number of carbonyl (C=O) groups is 1. The van der Waals surface area contributed by atoms with Gasteiger partial charge in [0.05, 0.1) is 30.6 Å². The molecule has 0 unspecified atom stereocenters. The SMILES string of the molecule is CCS(=O)(=O)c1cc(C(=O)OC)c(OC)cc1NN=C(C#N)C#N. The quantitative estimate of drug-likeness (QED) is 0.456. The topological polar surface area (TPSA) is 142 Å². The number of rotatable bonds is 6. The maximum Gasteiger partial charge on any atom is 0.341 e. The van der Waals surface area contributed by atoms with E-state index in [9.17, 15) is 13.2 Å². The monoisotopic (exact) mass is 350 g/mol. The Bertz CT molecular complexity index is 846. The third kappa shape index (κ3) is 4.00. The molecule has 0 bridgehead atoms. The molecule has 1 aromatic carbocycles. The summed E-state index contributed by atoms with van der Waals surface area (Å²) in [6.07, 6.45) is 0. The molecule has 9 nitrogen and oxygen atoms in total. The zero-order chi connectivity index (χ0) is 18.3. The Labute approximate surface area is 139 Å². The molecule has 0 atom stereocenters. The number of sulfone groups is 1. The normalized spacial score (nSPS) is 10.0. The van der Waals surface area contributed by atoms with Crippen molar-refractivity contribution in [1.82, 2.24) is 0 Å². The van der Waals surface area contributed by atoms with Crippen molar-refractivity contribution < 1.29 is 22.7 Å². The van der Waals surface area contributed by atoms with Crippen molar-refractivity contribution in [3.8, 4) is 17.9 Å². The van der Waals surface area contributed by atoms with Crippen LogP contribution in [0.5, 0.6) is 5.75 Å².